The van der Waals surface area contributed by atoms with Gasteiger partial charge < -0.3 is 15.3 Å². The summed E-state index contributed by atoms with van der Waals surface area (Å²) in [6.07, 6.45) is 2.96. The van der Waals surface area contributed by atoms with E-state index in [-0.39, 0.29) is 11.8 Å². The number of carboxylic acid groups (broad SMARTS) is 1. The van der Waals surface area contributed by atoms with E-state index >= 15 is 0 Å². The number of carbonyl (C=O) groups excluding carboxylic acids is 2. The molecule has 1 saturated heterocycles. The van der Waals surface area contributed by atoms with Crippen LogP contribution in [0.15, 0.2) is 48.5 Å². The average Bonchev–Trinajstić information content (AvgIpc) is 2.73. The van der Waals surface area contributed by atoms with Crippen molar-refractivity contribution in [3.05, 3.63) is 65.2 Å². The first kappa shape index (κ1) is 19.6. The van der Waals surface area contributed by atoms with Crippen LogP contribution in [0.1, 0.15) is 52.5 Å². The van der Waals surface area contributed by atoms with Gasteiger partial charge in [0.25, 0.3) is 11.8 Å². The number of likely N-dealkylation sites (tertiary alicyclic amines) is 1. The smallest absolute Gasteiger partial charge is 0.326 e. The second-order valence-electron chi connectivity index (χ2n) is 6.93. The molecule has 0 aliphatic carbocycles. The van der Waals surface area contributed by atoms with Crippen molar-refractivity contribution in [2.75, 3.05) is 11.9 Å². The third kappa shape index (κ3) is 4.39. The van der Waals surface area contributed by atoms with Crippen LogP contribution in [0, 0.1) is 0 Å². The highest BCUT2D eigenvalue weighted by atomic mass is 16.4. The summed E-state index contributed by atoms with van der Waals surface area (Å²) in [6.45, 7) is 2.48. The molecule has 146 valence electrons. The number of aliphatic carboxylic acids is 1. The number of aryl methyl sites for hydroxylation is 1. The Bertz CT molecular complexity index is 876. The van der Waals surface area contributed by atoms with E-state index in [1.807, 2.05) is 12.1 Å². The third-order valence-electron chi connectivity index (χ3n) is 5.04. The summed E-state index contributed by atoms with van der Waals surface area (Å²) in [5, 5.41) is 12.2. The number of piperidine rings is 1. The minimum atomic E-state index is -0.979. The van der Waals surface area contributed by atoms with Gasteiger partial charge in [-0.3, -0.25) is 9.59 Å². The molecule has 3 rings (SSSR count). The summed E-state index contributed by atoms with van der Waals surface area (Å²) in [5.74, 6) is -1.56. The fourth-order valence-corrected chi connectivity index (χ4v) is 3.42. The van der Waals surface area contributed by atoms with Gasteiger partial charge in [0.05, 0.1) is 0 Å². The van der Waals surface area contributed by atoms with E-state index in [0.717, 1.165) is 24.8 Å². The van der Waals surface area contributed by atoms with Crippen LogP contribution in [0.25, 0.3) is 0 Å². The number of carbonyl (C=O) groups is 3. The first-order valence-electron chi connectivity index (χ1n) is 9.53. The topological polar surface area (TPSA) is 86.7 Å². The summed E-state index contributed by atoms with van der Waals surface area (Å²) < 4.78 is 0. The minimum absolute atomic E-state index is 0.256. The Morgan fingerprint density at radius 2 is 1.82 bits per heavy atom. The van der Waals surface area contributed by atoms with E-state index in [2.05, 4.69) is 12.2 Å². The maximum Gasteiger partial charge on any atom is 0.326 e. The van der Waals surface area contributed by atoms with Gasteiger partial charge in [0.2, 0.25) is 0 Å². The zero-order valence-corrected chi connectivity index (χ0v) is 15.9. The Hall–Kier alpha value is -3.15. The molecule has 6 nitrogen and oxygen atoms in total. The van der Waals surface area contributed by atoms with Crippen LogP contribution in [-0.4, -0.2) is 40.4 Å². The molecular formula is C22H24N2O4. The predicted octanol–water partition coefficient (Wildman–Crippen LogP) is 3.58. The lowest BCUT2D eigenvalue weighted by atomic mass is 10.0. The number of benzene rings is 2. The quantitative estimate of drug-likeness (QED) is 0.830. The van der Waals surface area contributed by atoms with Crippen molar-refractivity contribution in [2.24, 2.45) is 0 Å². The number of anilines is 1. The number of hydrogen-bond acceptors (Lipinski definition) is 3. The van der Waals surface area contributed by atoms with Crippen LogP contribution in [0.4, 0.5) is 5.69 Å². The highest BCUT2D eigenvalue weighted by Gasteiger charge is 2.32. The van der Waals surface area contributed by atoms with Gasteiger partial charge in [0.15, 0.2) is 0 Å². The van der Waals surface area contributed by atoms with Crippen molar-refractivity contribution < 1.29 is 19.5 Å². The summed E-state index contributed by atoms with van der Waals surface area (Å²) >= 11 is 0. The Labute approximate surface area is 164 Å². The number of amides is 2. The fraction of sp³-hybridized carbons (Fsp3) is 0.318. The molecule has 0 spiro atoms. The molecule has 1 heterocycles. The summed E-state index contributed by atoms with van der Waals surface area (Å²) in [5.41, 5.74) is 2.56. The number of rotatable bonds is 5. The van der Waals surface area contributed by atoms with Crippen LogP contribution >= 0.6 is 0 Å². The van der Waals surface area contributed by atoms with E-state index in [4.69, 9.17) is 0 Å². The van der Waals surface area contributed by atoms with E-state index in [9.17, 15) is 19.5 Å². The highest BCUT2D eigenvalue weighted by Crippen LogP contribution is 2.21. The second-order valence-corrected chi connectivity index (χ2v) is 6.93. The second kappa shape index (κ2) is 8.69. The first-order chi connectivity index (χ1) is 13.5. The van der Waals surface area contributed by atoms with Gasteiger partial charge >= 0.3 is 5.97 Å². The molecule has 1 fully saturated rings. The van der Waals surface area contributed by atoms with Crippen molar-refractivity contribution in [3.63, 3.8) is 0 Å². The largest absolute Gasteiger partial charge is 0.480 e. The molecule has 2 aromatic rings. The molecule has 0 saturated carbocycles. The zero-order valence-electron chi connectivity index (χ0n) is 15.9. The Balaban J connectivity index is 1.74. The maximum atomic E-state index is 12.8. The van der Waals surface area contributed by atoms with E-state index in [1.54, 1.807) is 36.4 Å². The Morgan fingerprint density at radius 1 is 1.07 bits per heavy atom. The monoisotopic (exact) mass is 380 g/mol. The van der Waals surface area contributed by atoms with E-state index in [1.165, 1.54) is 4.90 Å². The molecule has 1 aliphatic rings. The van der Waals surface area contributed by atoms with E-state index in [0.29, 0.717) is 29.8 Å². The zero-order chi connectivity index (χ0) is 20.1. The first-order valence-corrected chi connectivity index (χ1v) is 9.53. The number of carboxylic acids is 1. The normalized spacial score (nSPS) is 16.5. The molecule has 2 amide bonds. The molecule has 1 unspecified atom stereocenters. The van der Waals surface area contributed by atoms with Crippen molar-refractivity contribution in [1.29, 1.82) is 0 Å². The average molecular weight is 380 g/mol. The summed E-state index contributed by atoms with van der Waals surface area (Å²) in [4.78, 5) is 38.2. The molecule has 2 aromatic carbocycles. The number of nitrogens with one attached hydrogen (secondary N) is 1. The van der Waals surface area contributed by atoms with Gasteiger partial charge in [-0.25, -0.2) is 4.79 Å². The van der Waals surface area contributed by atoms with Crippen LogP contribution < -0.4 is 5.32 Å². The highest BCUT2D eigenvalue weighted by molar-refractivity contribution is 6.05. The molecule has 1 atom stereocenters. The number of nitrogens with zero attached hydrogens (tertiary/aromatic N) is 1. The van der Waals surface area contributed by atoms with Gasteiger partial charge in [0, 0.05) is 23.4 Å². The standard InChI is InChI=1S/C22H24N2O4/c1-2-15-9-11-16(12-10-15)20(25)23-18-7-5-6-17(14-18)21(26)24-13-4-3-8-19(24)22(27)28/h5-7,9-12,14,19H,2-4,8,13H2,1H3,(H,23,25)(H,27,28). The van der Waals surface area contributed by atoms with Crippen LogP contribution in [-0.2, 0) is 11.2 Å². The minimum Gasteiger partial charge on any atom is -0.480 e. The van der Waals surface area contributed by atoms with Crippen LogP contribution in [0.5, 0.6) is 0 Å². The van der Waals surface area contributed by atoms with Crippen molar-refractivity contribution in [2.45, 2.75) is 38.6 Å². The van der Waals surface area contributed by atoms with Crippen molar-refractivity contribution in [1.82, 2.24) is 4.90 Å². The molecule has 28 heavy (non-hydrogen) atoms. The molecule has 2 N–H and O–H groups in total. The Kier molecular flexibility index (Phi) is 6.09. The lowest BCUT2D eigenvalue weighted by Crippen LogP contribution is -2.48. The Morgan fingerprint density at radius 3 is 2.50 bits per heavy atom. The lowest BCUT2D eigenvalue weighted by molar-refractivity contribution is -0.143. The predicted molar refractivity (Wildman–Crippen MR) is 107 cm³/mol. The van der Waals surface area contributed by atoms with Gasteiger partial charge in [-0.05, 0) is 61.6 Å². The molecular weight excluding hydrogens is 356 g/mol. The summed E-state index contributed by atoms with van der Waals surface area (Å²) in [6, 6.07) is 13.2. The fourth-order valence-electron chi connectivity index (χ4n) is 3.42. The van der Waals surface area contributed by atoms with Gasteiger partial charge in [-0.2, -0.15) is 0 Å². The van der Waals surface area contributed by atoms with Crippen LogP contribution in [0.2, 0.25) is 0 Å². The number of hydrogen-bond donors (Lipinski definition) is 2. The molecule has 0 radical (unpaired) electrons. The third-order valence-corrected chi connectivity index (χ3v) is 5.04. The van der Waals surface area contributed by atoms with Crippen molar-refractivity contribution >= 4 is 23.5 Å². The van der Waals surface area contributed by atoms with Crippen LogP contribution in [0.3, 0.4) is 0 Å². The molecule has 1 aliphatic heterocycles. The molecule has 0 bridgehead atoms. The van der Waals surface area contributed by atoms with Crippen molar-refractivity contribution in [3.8, 4) is 0 Å². The molecule has 6 heteroatoms. The van der Waals surface area contributed by atoms with Gasteiger partial charge in [0.1, 0.15) is 6.04 Å². The van der Waals surface area contributed by atoms with Gasteiger partial charge in [-0.15, -0.1) is 0 Å². The maximum absolute atomic E-state index is 12.8. The summed E-state index contributed by atoms with van der Waals surface area (Å²) in [7, 11) is 0. The van der Waals surface area contributed by atoms with E-state index < -0.39 is 12.0 Å². The van der Waals surface area contributed by atoms with Gasteiger partial charge in [-0.1, -0.05) is 25.1 Å². The molecule has 0 aromatic heterocycles. The SMILES string of the molecule is CCc1ccc(C(=O)Nc2cccc(C(=O)N3CCCCC3C(=O)O)c2)cc1. The lowest BCUT2D eigenvalue weighted by Gasteiger charge is -2.33.